The summed E-state index contributed by atoms with van der Waals surface area (Å²) in [5.41, 5.74) is 0.725. The summed E-state index contributed by atoms with van der Waals surface area (Å²) in [5, 5.41) is 13.3. The van der Waals surface area contributed by atoms with Gasteiger partial charge in [0.2, 0.25) is 10.0 Å². The van der Waals surface area contributed by atoms with Crippen LogP contribution in [0.4, 0.5) is 0 Å². The molecule has 0 spiro atoms. The maximum Gasteiger partial charge on any atom is 0.213 e. The average Bonchev–Trinajstić information content (AvgIpc) is 2.80. The monoisotopic (exact) mass is 279 g/mol. The molecule has 0 aliphatic heterocycles. The summed E-state index contributed by atoms with van der Waals surface area (Å²) >= 11 is 1.46. The van der Waals surface area contributed by atoms with Gasteiger partial charge in [-0.25, -0.2) is 13.1 Å². The van der Waals surface area contributed by atoms with Crippen molar-refractivity contribution < 1.29 is 18.3 Å². The normalized spacial score (nSPS) is 13.8. The summed E-state index contributed by atoms with van der Waals surface area (Å²) < 4.78 is 30.3. The number of nitrogens with one attached hydrogen (secondary N) is 1. The first-order chi connectivity index (χ1) is 8.05. The van der Waals surface area contributed by atoms with E-state index in [1.54, 1.807) is 18.4 Å². The van der Waals surface area contributed by atoms with Gasteiger partial charge in [-0.15, -0.1) is 0 Å². The Labute approximate surface area is 105 Å². The van der Waals surface area contributed by atoms with Crippen LogP contribution in [-0.2, 0) is 14.8 Å². The molecule has 1 aromatic rings. The van der Waals surface area contributed by atoms with Gasteiger partial charge in [-0.1, -0.05) is 0 Å². The first kappa shape index (κ1) is 14.6. The Kier molecular flexibility index (Phi) is 6.07. The second-order valence-electron chi connectivity index (χ2n) is 3.44. The van der Waals surface area contributed by atoms with Crippen LogP contribution in [0.5, 0.6) is 0 Å². The molecule has 5 nitrogen and oxygen atoms in total. The Morgan fingerprint density at radius 2 is 2.35 bits per heavy atom. The van der Waals surface area contributed by atoms with E-state index < -0.39 is 16.1 Å². The Morgan fingerprint density at radius 1 is 1.59 bits per heavy atom. The Morgan fingerprint density at radius 3 is 2.94 bits per heavy atom. The van der Waals surface area contributed by atoms with Crippen molar-refractivity contribution >= 4 is 21.4 Å². The summed E-state index contributed by atoms with van der Waals surface area (Å²) in [6.07, 6.45) is -0.803. The third kappa shape index (κ3) is 5.60. The summed E-state index contributed by atoms with van der Waals surface area (Å²) in [6, 6.07) is 1.77. The highest BCUT2D eigenvalue weighted by Crippen LogP contribution is 2.15. The minimum atomic E-state index is -3.37. The number of hydrogen-bond donors (Lipinski definition) is 2. The standard InChI is InChI=1S/C10H17NO4S2/c1-2-15-4-6-17(13,14)11-7-10(12)9-3-5-16-8-9/h3,5,8,10-12H,2,4,6-7H2,1H3. The van der Waals surface area contributed by atoms with E-state index in [2.05, 4.69) is 4.72 Å². The predicted octanol–water partition coefficient (Wildman–Crippen LogP) is 0.737. The predicted molar refractivity (Wildman–Crippen MR) is 67.6 cm³/mol. The quantitative estimate of drug-likeness (QED) is 0.688. The van der Waals surface area contributed by atoms with Gasteiger partial charge in [-0.05, 0) is 29.3 Å². The molecule has 17 heavy (non-hydrogen) atoms. The van der Waals surface area contributed by atoms with E-state index in [0.29, 0.717) is 6.61 Å². The number of ether oxygens (including phenoxy) is 1. The van der Waals surface area contributed by atoms with Crippen LogP contribution in [0, 0.1) is 0 Å². The molecule has 1 rings (SSSR count). The van der Waals surface area contributed by atoms with E-state index in [-0.39, 0.29) is 18.9 Å². The van der Waals surface area contributed by atoms with Crippen LogP contribution in [0.25, 0.3) is 0 Å². The Hall–Kier alpha value is -0.470. The number of hydrogen-bond acceptors (Lipinski definition) is 5. The van der Waals surface area contributed by atoms with Gasteiger partial charge in [0, 0.05) is 13.2 Å². The van der Waals surface area contributed by atoms with Crippen molar-refractivity contribution in [1.82, 2.24) is 4.72 Å². The van der Waals surface area contributed by atoms with Gasteiger partial charge in [-0.2, -0.15) is 11.3 Å². The van der Waals surface area contributed by atoms with Gasteiger partial charge >= 0.3 is 0 Å². The highest BCUT2D eigenvalue weighted by molar-refractivity contribution is 7.89. The molecule has 0 saturated carbocycles. The van der Waals surface area contributed by atoms with E-state index in [1.807, 2.05) is 5.38 Å². The van der Waals surface area contributed by atoms with Gasteiger partial charge < -0.3 is 9.84 Å². The summed E-state index contributed by atoms with van der Waals surface area (Å²) in [6.45, 7) is 2.46. The van der Waals surface area contributed by atoms with Crippen LogP contribution in [0.3, 0.4) is 0 Å². The molecule has 0 bridgehead atoms. The lowest BCUT2D eigenvalue weighted by Crippen LogP contribution is -2.31. The maximum absolute atomic E-state index is 11.5. The zero-order valence-corrected chi connectivity index (χ0v) is 11.3. The van der Waals surface area contributed by atoms with E-state index in [4.69, 9.17) is 4.74 Å². The first-order valence-electron chi connectivity index (χ1n) is 5.30. The van der Waals surface area contributed by atoms with Crippen LogP contribution >= 0.6 is 11.3 Å². The third-order valence-electron chi connectivity index (χ3n) is 2.13. The van der Waals surface area contributed by atoms with Crippen molar-refractivity contribution in [2.45, 2.75) is 13.0 Å². The summed E-state index contributed by atoms with van der Waals surface area (Å²) in [7, 11) is -3.37. The molecule has 1 atom stereocenters. The second-order valence-corrected chi connectivity index (χ2v) is 6.14. The van der Waals surface area contributed by atoms with Crippen LogP contribution in [0.1, 0.15) is 18.6 Å². The van der Waals surface area contributed by atoms with Crippen molar-refractivity contribution in [3.05, 3.63) is 22.4 Å². The third-order valence-corrected chi connectivity index (χ3v) is 4.14. The van der Waals surface area contributed by atoms with Crippen LogP contribution in [0.2, 0.25) is 0 Å². The minimum absolute atomic E-state index is 0.00874. The Bertz CT molecular complexity index is 402. The lowest BCUT2D eigenvalue weighted by Gasteiger charge is -2.11. The molecule has 0 radical (unpaired) electrons. The largest absolute Gasteiger partial charge is 0.387 e. The van der Waals surface area contributed by atoms with Gasteiger partial charge in [0.05, 0.1) is 18.5 Å². The van der Waals surface area contributed by atoms with Crippen molar-refractivity contribution in [3.63, 3.8) is 0 Å². The molecule has 0 saturated heterocycles. The number of thiophene rings is 1. The Balaban J connectivity index is 2.34. The average molecular weight is 279 g/mol. The van der Waals surface area contributed by atoms with Crippen LogP contribution in [0.15, 0.2) is 16.8 Å². The molecule has 0 aliphatic carbocycles. The van der Waals surface area contributed by atoms with Crippen LogP contribution < -0.4 is 4.72 Å². The van der Waals surface area contributed by atoms with E-state index in [9.17, 15) is 13.5 Å². The molecule has 1 heterocycles. The highest BCUT2D eigenvalue weighted by Gasteiger charge is 2.14. The van der Waals surface area contributed by atoms with E-state index in [1.165, 1.54) is 11.3 Å². The van der Waals surface area contributed by atoms with Gasteiger partial charge in [0.25, 0.3) is 0 Å². The molecular weight excluding hydrogens is 262 g/mol. The SMILES string of the molecule is CCOCCS(=O)(=O)NCC(O)c1ccsc1. The lowest BCUT2D eigenvalue weighted by atomic mass is 10.2. The molecule has 1 aromatic heterocycles. The second kappa shape index (κ2) is 7.07. The topological polar surface area (TPSA) is 75.6 Å². The lowest BCUT2D eigenvalue weighted by molar-refractivity contribution is 0.162. The molecule has 0 fully saturated rings. The van der Waals surface area contributed by atoms with Gasteiger partial charge in [0.15, 0.2) is 0 Å². The smallest absolute Gasteiger partial charge is 0.213 e. The zero-order valence-electron chi connectivity index (χ0n) is 9.63. The molecule has 0 aliphatic rings. The van der Waals surface area contributed by atoms with Gasteiger partial charge in [-0.3, -0.25) is 0 Å². The van der Waals surface area contributed by atoms with E-state index >= 15 is 0 Å². The molecule has 0 aromatic carbocycles. The van der Waals surface area contributed by atoms with Crippen molar-refractivity contribution in [3.8, 4) is 0 Å². The molecule has 7 heteroatoms. The molecule has 2 N–H and O–H groups in total. The van der Waals surface area contributed by atoms with Crippen molar-refractivity contribution in [2.75, 3.05) is 25.5 Å². The maximum atomic E-state index is 11.5. The van der Waals surface area contributed by atoms with Crippen molar-refractivity contribution in [1.29, 1.82) is 0 Å². The number of aliphatic hydroxyl groups is 1. The number of rotatable bonds is 8. The number of aliphatic hydroxyl groups excluding tert-OH is 1. The van der Waals surface area contributed by atoms with Crippen LogP contribution in [-0.4, -0.2) is 39.0 Å². The summed E-state index contributed by atoms with van der Waals surface area (Å²) in [5.74, 6) is -0.0861. The molecule has 98 valence electrons. The van der Waals surface area contributed by atoms with E-state index in [0.717, 1.165) is 5.56 Å². The molecular formula is C10H17NO4S2. The highest BCUT2D eigenvalue weighted by atomic mass is 32.2. The molecule has 1 unspecified atom stereocenters. The molecule has 0 amide bonds. The zero-order chi connectivity index (χ0) is 12.7. The van der Waals surface area contributed by atoms with Crippen molar-refractivity contribution in [2.24, 2.45) is 0 Å². The number of sulfonamides is 1. The van der Waals surface area contributed by atoms with Gasteiger partial charge in [0.1, 0.15) is 0 Å². The summed E-state index contributed by atoms with van der Waals surface area (Å²) in [4.78, 5) is 0. The first-order valence-corrected chi connectivity index (χ1v) is 7.90. The fourth-order valence-corrected chi connectivity index (χ4v) is 2.77. The fraction of sp³-hybridized carbons (Fsp3) is 0.600. The fourth-order valence-electron chi connectivity index (χ4n) is 1.17. The minimum Gasteiger partial charge on any atom is -0.387 e.